The van der Waals surface area contributed by atoms with E-state index in [0.717, 1.165) is 18.2 Å². The summed E-state index contributed by atoms with van der Waals surface area (Å²) in [5.74, 6) is -3.99. The van der Waals surface area contributed by atoms with Gasteiger partial charge in [-0.3, -0.25) is 0 Å². The molecule has 0 aliphatic rings. The van der Waals surface area contributed by atoms with Crippen LogP contribution in [0.5, 0.6) is 11.5 Å². The second-order valence-corrected chi connectivity index (χ2v) is 5.29. The molecule has 2 aromatic carbocycles. The van der Waals surface area contributed by atoms with Crippen LogP contribution in [0.2, 0.25) is 0 Å². The van der Waals surface area contributed by atoms with Gasteiger partial charge in [0.1, 0.15) is 0 Å². The number of ether oxygens (including phenoxy) is 2. The van der Waals surface area contributed by atoms with E-state index in [1.54, 1.807) is 0 Å². The van der Waals surface area contributed by atoms with Crippen molar-refractivity contribution in [3.05, 3.63) is 57.6 Å². The van der Waals surface area contributed by atoms with E-state index >= 15 is 0 Å². The Morgan fingerprint density at radius 2 is 1.44 bits per heavy atom. The van der Waals surface area contributed by atoms with Gasteiger partial charge in [-0.2, -0.15) is 0 Å². The molecule has 0 aromatic heterocycles. The summed E-state index contributed by atoms with van der Waals surface area (Å²) in [6.45, 7) is 0. The number of carbonyl (C=O) groups excluding carboxylic acids is 2. The fraction of sp³-hybridized carbons (Fsp3) is 0.125. The van der Waals surface area contributed by atoms with Crippen molar-refractivity contribution in [2.75, 3.05) is 14.2 Å². The summed E-state index contributed by atoms with van der Waals surface area (Å²) in [6, 6.07) is 5.49. The molecular formula is C16H13BrF2O6. The van der Waals surface area contributed by atoms with Gasteiger partial charge in [0.2, 0.25) is 0 Å². The molecule has 0 saturated heterocycles. The van der Waals surface area contributed by atoms with Crippen LogP contribution in [-0.2, 0) is 9.47 Å². The van der Waals surface area contributed by atoms with Gasteiger partial charge in [0.15, 0.2) is 23.1 Å². The van der Waals surface area contributed by atoms with Crippen molar-refractivity contribution in [1.82, 2.24) is 0 Å². The summed E-state index contributed by atoms with van der Waals surface area (Å²) >= 11 is 2.90. The van der Waals surface area contributed by atoms with E-state index < -0.39 is 35.1 Å². The fourth-order valence-electron chi connectivity index (χ4n) is 1.55. The Kier molecular flexibility index (Phi) is 7.31. The topological polar surface area (TPSA) is 93.1 Å². The second kappa shape index (κ2) is 8.97. The van der Waals surface area contributed by atoms with E-state index in [-0.39, 0.29) is 15.6 Å². The largest absolute Gasteiger partial charge is 0.505 e. The summed E-state index contributed by atoms with van der Waals surface area (Å²) < 4.78 is 34.3. The summed E-state index contributed by atoms with van der Waals surface area (Å²) in [6.07, 6.45) is 0. The van der Waals surface area contributed by atoms with Crippen LogP contribution >= 0.6 is 15.9 Å². The van der Waals surface area contributed by atoms with Crippen molar-refractivity contribution in [2.45, 2.75) is 0 Å². The standard InChI is InChI=1S/C8H6BrFO3.C8H7FO3/c1-13-8(12)4-2-5(9)7(11)6(10)3-4;1-12-8(11)5-2-3-7(10)6(9)4-5/h2-3,11H,1H3;2-4,10H,1H3. The number of rotatable bonds is 2. The van der Waals surface area contributed by atoms with Gasteiger partial charge in [-0.1, -0.05) is 0 Å². The lowest BCUT2D eigenvalue weighted by Crippen LogP contribution is -2.01. The number of aromatic hydroxyl groups is 2. The van der Waals surface area contributed by atoms with Crippen LogP contribution in [0, 0.1) is 11.6 Å². The maximum Gasteiger partial charge on any atom is 0.337 e. The summed E-state index contributed by atoms with van der Waals surface area (Å²) in [4.78, 5) is 21.7. The number of phenols is 2. The molecule has 0 heterocycles. The summed E-state index contributed by atoms with van der Waals surface area (Å²) in [5.41, 5.74) is 0.123. The monoisotopic (exact) mass is 418 g/mol. The van der Waals surface area contributed by atoms with Crippen molar-refractivity contribution in [2.24, 2.45) is 0 Å². The highest BCUT2D eigenvalue weighted by atomic mass is 79.9. The first-order valence-electron chi connectivity index (χ1n) is 6.54. The molecule has 0 bridgehead atoms. The van der Waals surface area contributed by atoms with E-state index in [1.165, 1.54) is 26.4 Å². The smallest absolute Gasteiger partial charge is 0.337 e. The quantitative estimate of drug-likeness (QED) is 0.726. The van der Waals surface area contributed by atoms with Gasteiger partial charge in [0.25, 0.3) is 0 Å². The number of carbonyl (C=O) groups is 2. The number of benzene rings is 2. The van der Waals surface area contributed by atoms with Crippen LogP contribution in [0.1, 0.15) is 20.7 Å². The Balaban J connectivity index is 0.000000251. The number of halogens is 3. The zero-order chi connectivity index (χ0) is 19.1. The molecule has 0 amide bonds. The minimum atomic E-state index is -0.866. The molecule has 0 saturated carbocycles. The van der Waals surface area contributed by atoms with E-state index in [0.29, 0.717) is 0 Å². The van der Waals surface area contributed by atoms with Crippen LogP contribution in [0.15, 0.2) is 34.8 Å². The zero-order valence-corrected chi connectivity index (χ0v) is 14.6. The predicted octanol–water partition coefficient (Wildman–Crippen LogP) is 3.40. The molecule has 25 heavy (non-hydrogen) atoms. The minimum Gasteiger partial charge on any atom is -0.505 e. The van der Waals surface area contributed by atoms with Gasteiger partial charge in [-0.25, -0.2) is 18.4 Å². The third-order valence-electron chi connectivity index (χ3n) is 2.81. The Morgan fingerprint density at radius 3 is 1.92 bits per heavy atom. The Morgan fingerprint density at radius 1 is 0.920 bits per heavy atom. The van der Waals surface area contributed by atoms with Crippen LogP contribution < -0.4 is 0 Å². The molecule has 2 aromatic rings. The Hall–Kier alpha value is -2.68. The molecular weight excluding hydrogens is 406 g/mol. The molecule has 2 N–H and O–H groups in total. The van der Waals surface area contributed by atoms with Gasteiger partial charge in [-0.15, -0.1) is 0 Å². The van der Waals surface area contributed by atoms with Crippen molar-refractivity contribution in [3.63, 3.8) is 0 Å². The van der Waals surface area contributed by atoms with Crippen LogP contribution in [0.25, 0.3) is 0 Å². The molecule has 0 aliphatic carbocycles. The highest BCUT2D eigenvalue weighted by Crippen LogP contribution is 2.28. The summed E-state index contributed by atoms with van der Waals surface area (Å²) in [5, 5.41) is 17.8. The zero-order valence-electron chi connectivity index (χ0n) is 13.0. The number of hydrogen-bond acceptors (Lipinski definition) is 6. The number of hydrogen-bond donors (Lipinski definition) is 2. The molecule has 9 heteroatoms. The Bertz CT molecular complexity index is 771. The maximum atomic E-state index is 12.8. The first-order chi connectivity index (χ1) is 11.7. The van der Waals surface area contributed by atoms with E-state index in [4.69, 9.17) is 10.2 Å². The lowest BCUT2D eigenvalue weighted by molar-refractivity contribution is 0.0591. The summed E-state index contributed by atoms with van der Waals surface area (Å²) in [7, 11) is 2.40. The van der Waals surface area contributed by atoms with Gasteiger partial charge < -0.3 is 19.7 Å². The van der Waals surface area contributed by atoms with Crippen LogP contribution in [-0.4, -0.2) is 36.4 Å². The third-order valence-corrected chi connectivity index (χ3v) is 3.41. The first kappa shape index (κ1) is 20.4. The maximum absolute atomic E-state index is 12.8. The number of phenolic OH excluding ortho intramolecular Hbond substituents is 2. The lowest BCUT2D eigenvalue weighted by Gasteiger charge is -2.02. The van der Waals surface area contributed by atoms with Gasteiger partial charge in [-0.05, 0) is 46.3 Å². The van der Waals surface area contributed by atoms with Crippen molar-refractivity contribution in [3.8, 4) is 11.5 Å². The third kappa shape index (κ3) is 5.42. The SMILES string of the molecule is COC(=O)c1cc(F)c(O)c(Br)c1.COC(=O)c1ccc(O)c(F)c1. The van der Waals surface area contributed by atoms with E-state index in [2.05, 4.69) is 25.4 Å². The average Bonchev–Trinajstić information content (AvgIpc) is 2.60. The van der Waals surface area contributed by atoms with Crippen LogP contribution in [0.3, 0.4) is 0 Å². The highest BCUT2D eigenvalue weighted by Gasteiger charge is 2.12. The lowest BCUT2D eigenvalue weighted by atomic mass is 10.2. The predicted molar refractivity (Wildman–Crippen MR) is 86.5 cm³/mol. The molecule has 0 fully saturated rings. The molecule has 0 spiro atoms. The number of methoxy groups -OCH3 is 2. The average molecular weight is 419 g/mol. The van der Waals surface area contributed by atoms with Crippen LogP contribution in [0.4, 0.5) is 8.78 Å². The molecule has 0 radical (unpaired) electrons. The molecule has 0 aliphatic heterocycles. The molecule has 6 nitrogen and oxygen atoms in total. The molecule has 2 rings (SSSR count). The minimum absolute atomic E-state index is 0.0460. The van der Waals surface area contributed by atoms with Crippen molar-refractivity contribution >= 4 is 27.9 Å². The van der Waals surface area contributed by atoms with E-state index in [9.17, 15) is 18.4 Å². The fourth-order valence-corrected chi connectivity index (χ4v) is 1.99. The highest BCUT2D eigenvalue weighted by molar-refractivity contribution is 9.10. The van der Waals surface area contributed by atoms with Gasteiger partial charge in [0, 0.05) is 0 Å². The molecule has 0 unspecified atom stereocenters. The second-order valence-electron chi connectivity index (χ2n) is 4.44. The first-order valence-corrected chi connectivity index (χ1v) is 7.33. The Labute approximate surface area is 149 Å². The normalized spacial score (nSPS) is 9.64. The number of esters is 2. The van der Waals surface area contributed by atoms with Crippen molar-refractivity contribution < 1.29 is 38.1 Å². The van der Waals surface area contributed by atoms with Crippen molar-refractivity contribution in [1.29, 1.82) is 0 Å². The molecule has 0 atom stereocenters. The van der Waals surface area contributed by atoms with Gasteiger partial charge >= 0.3 is 11.9 Å². The van der Waals surface area contributed by atoms with E-state index in [1.807, 2.05) is 0 Å². The molecule has 134 valence electrons. The van der Waals surface area contributed by atoms with Gasteiger partial charge in [0.05, 0.1) is 29.8 Å².